The van der Waals surface area contributed by atoms with Gasteiger partial charge in [0.05, 0.1) is 11.0 Å². The zero-order chi connectivity index (χ0) is 24.0. The van der Waals surface area contributed by atoms with Crippen LogP contribution in [0.25, 0.3) is 11.0 Å². The largest absolute Gasteiger partial charge is 0.481 e. The molecule has 3 rings (SSSR count). The van der Waals surface area contributed by atoms with Gasteiger partial charge in [0.1, 0.15) is 5.82 Å². The molecule has 0 spiro atoms. The molecule has 6 nitrogen and oxygen atoms in total. The molecule has 3 aromatic rings. The van der Waals surface area contributed by atoms with Crippen LogP contribution in [-0.2, 0) is 11.2 Å². The van der Waals surface area contributed by atoms with Crippen LogP contribution in [0.4, 0.5) is 0 Å². The van der Waals surface area contributed by atoms with Gasteiger partial charge in [0.2, 0.25) is 0 Å². The highest BCUT2D eigenvalue weighted by molar-refractivity contribution is 7.09. The molecular formula is C26H35N3O3S. The quantitative estimate of drug-likeness (QED) is 0.338. The summed E-state index contributed by atoms with van der Waals surface area (Å²) >= 11 is 1.73. The Morgan fingerprint density at radius 2 is 1.91 bits per heavy atom. The van der Waals surface area contributed by atoms with Gasteiger partial charge in [-0.1, -0.05) is 40.2 Å². The number of rotatable bonds is 12. The second kappa shape index (κ2) is 11.5. The number of imidazole rings is 1. The van der Waals surface area contributed by atoms with Crippen molar-refractivity contribution in [3.8, 4) is 0 Å². The summed E-state index contributed by atoms with van der Waals surface area (Å²) in [4.78, 5) is 30.3. The van der Waals surface area contributed by atoms with E-state index in [0.717, 1.165) is 42.5 Å². The lowest BCUT2D eigenvalue weighted by Crippen LogP contribution is -2.39. The highest BCUT2D eigenvalue weighted by Gasteiger charge is 2.22. The Morgan fingerprint density at radius 3 is 2.52 bits per heavy atom. The van der Waals surface area contributed by atoms with Crippen LogP contribution in [0.5, 0.6) is 0 Å². The molecule has 178 valence electrons. The van der Waals surface area contributed by atoms with Crippen molar-refractivity contribution in [1.82, 2.24) is 14.9 Å². The Labute approximate surface area is 200 Å². The first-order valence-corrected chi connectivity index (χ1v) is 12.8. The molecule has 0 bridgehead atoms. The lowest BCUT2D eigenvalue weighted by molar-refractivity contribution is -0.137. The Kier molecular flexibility index (Phi) is 8.67. The van der Waals surface area contributed by atoms with E-state index < -0.39 is 5.97 Å². The summed E-state index contributed by atoms with van der Waals surface area (Å²) in [5.74, 6) is 0.204. The lowest BCUT2D eigenvalue weighted by atomic mass is 9.94. The molecule has 0 aliphatic carbocycles. The molecule has 0 saturated carbocycles. The maximum atomic E-state index is 13.1. The van der Waals surface area contributed by atoms with Gasteiger partial charge in [-0.15, -0.1) is 11.3 Å². The summed E-state index contributed by atoms with van der Waals surface area (Å²) < 4.78 is 2.34. The number of fused-ring (bicyclic) bond motifs is 1. The fourth-order valence-electron chi connectivity index (χ4n) is 4.36. The molecule has 33 heavy (non-hydrogen) atoms. The van der Waals surface area contributed by atoms with Crippen molar-refractivity contribution in [2.24, 2.45) is 5.92 Å². The van der Waals surface area contributed by atoms with Crippen LogP contribution in [0.1, 0.15) is 86.9 Å². The minimum Gasteiger partial charge on any atom is -0.481 e. The molecule has 0 radical (unpaired) electrons. The SMILES string of the molecule is CCC(C)C(CCC(=O)O)NC(=O)c1ccc2c(c1)nc(Cc1cccs1)n2C(CC)CC. The molecule has 2 unspecified atom stereocenters. The molecule has 2 atom stereocenters. The molecule has 2 aromatic heterocycles. The Hall–Kier alpha value is -2.67. The average molecular weight is 470 g/mol. The van der Waals surface area contributed by atoms with E-state index >= 15 is 0 Å². The Balaban J connectivity index is 1.91. The van der Waals surface area contributed by atoms with Crippen LogP contribution < -0.4 is 5.32 Å². The molecule has 7 heteroatoms. The van der Waals surface area contributed by atoms with Crippen LogP contribution in [-0.4, -0.2) is 32.6 Å². The van der Waals surface area contributed by atoms with Crippen molar-refractivity contribution in [1.29, 1.82) is 0 Å². The maximum Gasteiger partial charge on any atom is 0.303 e. The fourth-order valence-corrected chi connectivity index (χ4v) is 5.06. The number of aromatic nitrogens is 2. The van der Waals surface area contributed by atoms with E-state index in [1.807, 2.05) is 25.1 Å². The predicted molar refractivity (Wildman–Crippen MR) is 134 cm³/mol. The van der Waals surface area contributed by atoms with Gasteiger partial charge in [-0.2, -0.15) is 0 Å². The highest BCUT2D eigenvalue weighted by atomic mass is 32.1. The predicted octanol–water partition coefficient (Wildman–Crippen LogP) is 6.06. The summed E-state index contributed by atoms with van der Waals surface area (Å²) in [6, 6.07) is 10.1. The van der Waals surface area contributed by atoms with Crippen LogP contribution in [0.2, 0.25) is 0 Å². The first-order valence-electron chi connectivity index (χ1n) is 11.9. The first kappa shape index (κ1) is 25.0. The number of aliphatic carboxylic acids is 1. The van der Waals surface area contributed by atoms with E-state index in [1.165, 1.54) is 4.88 Å². The minimum atomic E-state index is -0.843. The van der Waals surface area contributed by atoms with Gasteiger partial charge in [0.15, 0.2) is 0 Å². The van der Waals surface area contributed by atoms with Crippen molar-refractivity contribution < 1.29 is 14.7 Å². The zero-order valence-corrected chi connectivity index (χ0v) is 20.8. The molecule has 2 N–H and O–H groups in total. The molecule has 0 fully saturated rings. The number of hydrogen-bond acceptors (Lipinski definition) is 4. The van der Waals surface area contributed by atoms with E-state index in [9.17, 15) is 9.59 Å². The third-order valence-electron chi connectivity index (χ3n) is 6.56. The van der Waals surface area contributed by atoms with Crippen molar-refractivity contribution >= 4 is 34.2 Å². The Bertz CT molecular complexity index is 1070. The van der Waals surface area contributed by atoms with Gasteiger partial charge in [-0.25, -0.2) is 4.98 Å². The topological polar surface area (TPSA) is 84.2 Å². The molecule has 0 aliphatic rings. The van der Waals surface area contributed by atoms with Crippen molar-refractivity contribution in [3.05, 3.63) is 52.0 Å². The molecule has 1 amide bonds. The number of nitrogens with one attached hydrogen (secondary N) is 1. The lowest BCUT2D eigenvalue weighted by Gasteiger charge is -2.24. The summed E-state index contributed by atoms with van der Waals surface area (Å²) in [5.41, 5.74) is 2.44. The summed E-state index contributed by atoms with van der Waals surface area (Å²) in [6.45, 7) is 8.49. The van der Waals surface area contributed by atoms with Crippen molar-refractivity contribution in [2.45, 2.75) is 78.3 Å². The van der Waals surface area contributed by atoms with Crippen molar-refractivity contribution in [2.75, 3.05) is 0 Å². The molecule has 1 aromatic carbocycles. The number of benzene rings is 1. The number of nitrogens with zero attached hydrogens (tertiary/aromatic N) is 2. The summed E-state index contributed by atoms with van der Waals surface area (Å²) in [7, 11) is 0. The molecular weight excluding hydrogens is 434 g/mol. The summed E-state index contributed by atoms with van der Waals surface area (Å²) in [6.07, 6.45) is 4.14. The smallest absolute Gasteiger partial charge is 0.303 e. The molecule has 0 aliphatic heterocycles. The number of carbonyl (C=O) groups excluding carboxylic acids is 1. The average Bonchev–Trinajstić information content (AvgIpc) is 3.44. The number of carbonyl (C=O) groups is 2. The standard InChI is InChI=1S/C26H35N3O3S/c1-5-17(4)21(11-13-25(30)31)28-26(32)18-10-12-23-22(15-18)27-24(16-20-9-8-14-33-20)29(23)19(6-2)7-3/h8-10,12,14-15,17,19,21H,5-7,11,13,16H2,1-4H3,(H,28,32)(H,30,31). The van der Waals surface area contributed by atoms with E-state index in [1.54, 1.807) is 11.3 Å². The molecule has 0 saturated heterocycles. The normalized spacial score (nSPS) is 13.4. The van der Waals surface area contributed by atoms with Gasteiger partial charge in [0, 0.05) is 35.4 Å². The third kappa shape index (κ3) is 6.02. The number of carboxylic acids is 1. The number of hydrogen-bond donors (Lipinski definition) is 2. The van der Waals surface area contributed by atoms with E-state index in [0.29, 0.717) is 18.0 Å². The van der Waals surface area contributed by atoms with Crippen molar-refractivity contribution in [3.63, 3.8) is 0 Å². The second-order valence-corrected chi connectivity index (χ2v) is 9.76. The zero-order valence-electron chi connectivity index (χ0n) is 20.0. The number of amides is 1. The van der Waals surface area contributed by atoms with Gasteiger partial charge in [0.25, 0.3) is 5.91 Å². The van der Waals surface area contributed by atoms with Crippen LogP contribution in [0, 0.1) is 5.92 Å². The van der Waals surface area contributed by atoms with Crippen LogP contribution >= 0.6 is 11.3 Å². The monoisotopic (exact) mass is 469 g/mol. The second-order valence-electron chi connectivity index (χ2n) is 8.73. The van der Waals surface area contributed by atoms with Gasteiger partial charge in [-0.3, -0.25) is 9.59 Å². The van der Waals surface area contributed by atoms with E-state index in [4.69, 9.17) is 10.1 Å². The summed E-state index contributed by atoms with van der Waals surface area (Å²) in [5, 5.41) is 14.2. The number of carboxylic acid groups (broad SMARTS) is 1. The fraction of sp³-hybridized carbons (Fsp3) is 0.500. The first-order chi connectivity index (χ1) is 15.9. The highest BCUT2D eigenvalue weighted by Crippen LogP contribution is 2.28. The molecule has 2 heterocycles. The van der Waals surface area contributed by atoms with Crippen LogP contribution in [0.3, 0.4) is 0 Å². The van der Waals surface area contributed by atoms with Gasteiger partial charge < -0.3 is 15.0 Å². The van der Waals surface area contributed by atoms with Gasteiger partial charge in [-0.05, 0) is 54.8 Å². The minimum absolute atomic E-state index is 0.0419. The van der Waals surface area contributed by atoms with Crippen LogP contribution in [0.15, 0.2) is 35.7 Å². The maximum absolute atomic E-state index is 13.1. The van der Waals surface area contributed by atoms with E-state index in [-0.39, 0.29) is 24.3 Å². The number of thiophene rings is 1. The van der Waals surface area contributed by atoms with Gasteiger partial charge >= 0.3 is 5.97 Å². The Morgan fingerprint density at radius 1 is 1.15 bits per heavy atom. The van der Waals surface area contributed by atoms with E-state index in [2.05, 4.69) is 48.2 Å². The third-order valence-corrected chi connectivity index (χ3v) is 7.44.